The van der Waals surface area contributed by atoms with E-state index < -0.39 is 0 Å². The molecule has 0 aliphatic carbocycles. The van der Waals surface area contributed by atoms with Crippen LogP contribution in [0.2, 0.25) is 4.34 Å². The van der Waals surface area contributed by atoms with E-state index in [1.54, 1.807) is 19.1 Å². The SMILES string of the molecule is CCOC(=O)c1c(NC(=O)c2ccc(Cl)s2)sc2c1CCN(CC)C2. The van der Waals surface area contributed by atoms with Crippen LogP contribution >= 0.6 is 34.3 Å². The lowest BCUT2D eigenvalue weighted by Gasteiger charge is -2.25. The Balaban J connectivity index is 1.93. The van der Waals surface area contributed by atoms with E-state index in [4.69, 9.17) is 16.3 Å². The first-order valence-corrected chi connectivity index (χ1v) is 10.1. The number of hydrogen-bond donors (Lipinski definition) is 1. The molecule has 0 unspecified atom stereocenters. The molecule has 1 aliphatic heterocycles. The molecule has 0 aromatic carbocycles. The molecule has 8 heteroatoms. The van der Waals surface area contributed by atoms with Crippen LogP contribution in [0.1, 0.15) is 44.3 Å². The van der Waals surface area contributed by atoms with Crippen molar-refractivity contribution < 1.29 is 14.3 Å². The van der Waals surface area contributed by atoms with Crippen LogP contribution in [-0.4, -0.2) is 36.5 Å². The highest BCUT2D eigenvalue weighted by molar-refractivity contribution is 7.18. The van der Waals surface area contributed by atoms with Crippen LogP contribution in [0.5, 0.6) is 0 Å². The Kier molecular flexibility index (Phi) is 5.78. The van der Waals surface area contributed by atoms with Gasteiger partial charge in [-0.25, -0.2) is 4.79 Å². The number of halogens is 1. The van der Waals surface area contributed by atoms with E-state index in [-0.39, 0.29) is 11.9 Å². The van der Waals surface area contributed by atoms with Crippen molar-refractivity contribution in [2.75, 3.05) is 25.0 Å². The number of carbonyl (C=O) groups excluding carboxylic acids is 2. The number of fused-ring (bicyclic) bond motifs is 1. The van der Waals surface area contributed by atoms with Crippen molar-refractivity contribution in [3.8, 4) is 0 Å². The van der Waals surface area contributed by atoms with Crippen LogP contribution in [0.15, 0.2) is 12.1 Å². The lowest BCUT2D eigenvalue weighted by atomic mass is 10.0. The average Bonchev–Trinajstić information content (AvgIpc) is 3.17. The van der Waals surface area contributed by atoms with E-state index in [2.05, 4.69) is 17.1 Å². The van der Waals surface area contributed by atoms with Crippen LogP contribution < -0.4 is 5.32 Å². The molecule has 0 spiro atoms. The molecule has 1 amide bonds. The fourth-order valence-corrected chi connectivity index (χ4v) is 5.05. The summed E-state index contributed by atoms with van der Waals surface area (Å²) in [6.07, 6.45) is 0.786. The molecule has 0 saturated heterocycles. The molecule has 2 aromatic heterocycles. The molecule has 0 fully saturated rings. The normalized spacial score (nSPS) is 14.2. The second kappa shape index (κ2) is 7.86. The molecule has 134 valence electrons. The molecule has 3 heterocycles. The molecule has 1 N–H and O–H groups in total. The smallest absolute Gasteiger partial charge is 0.341 e. The van der Waals surface area contributed by atoms with E-state index in [9.17, 15) is 9.59 Å². The number of nitrogens with zero attached hydrogens (tertiary/aromatic N) is 1. The number of thiophene rings is 2. The minimum absolute atomic E-state index is 0.256. The summed E-state index contributed by atoms with van der Waals surface area (Å²) in [4.78, 5) is 28.9. The van der Waals surface area contributed by atoms with Gasteiger partial charge in [0.2, 0.25) is 0 Å². The minimum Gasteiger partial charge on any atom is -0.462 e. The number of ether oxygens (including phenoxy) is 1. The van der Waals surface area contributed by atoms with Crippen molar-refractivity contribution in [3.63, 3.8) is 0 Å². The summed E-state index contributed by atoms with van der Waals surface area (Å²) in [6.45, 7) is 6.86. The van der Waals surface area contributed by atoms with Crippen molar-refractivity contribution in [3.05, 3.63) is 37.4 Å². The predicted molar refractivity (Wildman–Crippen MR) is 102 cm³/mol. The molecule has 1 aliphatic rings. The zero-order valence-electron chi connectivity index (χ0n) is 14.1. The lowest BCUT2D eigenvalue weighted by Crippen LogP contribution is -2.30. The summed E-state index contributed by atoms with van der Waals surface area (Å²) < 4.78 is 5.78. The molecule has 2 aromatic rings. The van der Waals surface area contributed by atoms with Gasteiger partial charge in [-0.15, -0.1) is 22.7 Å². The van der Waals surface area contributed by atoms with Gasteiger partial charge in [-0.1, -0.05) is 18.5 Å². The standard InChI is InChI=1S/C17H19ClN2O3S2/c1-3-20-8-7-10-12(9-20)25-16(14(10)17(22)23-4-2)19-15(21)11-5-6-13(18)24-11/h5-6H,3-4,7-9H2,1-2H3,(H,19,21). The molecular formula is C17H19ClN2O3S2. The second-order valence-electron chi connectivity index (χ2n) is 5.61. The van der Waals surface area contributed by atoms with E-state index in [0.717, 1.165) is 36.5 Å². The van der Waals surface area contributed by atoms with Crippen molar-refractivity contribution in [1.29, 1.82) is 0 Å². The third kappa shape index (κ3) is 3.89. The van der Waals surface area contributed by atoms with Gasteiger partial charge in [0.15, 0.2) is 0 Å². The number of likely N-dealkylation sites (N-methyl/N-ethyl adjacent to an activating group) is 1. The van der Waals surface area contributed by atoms with Gasteiger partial charge in [0, 0.05) is 18.0 Å². The molecule has 25 heavy (non-hydrogen) atoms. The van der Waals surface area contributed by atoms with Crippen molar-refractivity contribution in [2.24, 2.45) is 0 Å². The van der Waals surface area contributed by atoms with E-state index >= 15 is 0 Å². The molecule has 5 nitrogen and oxygen atoms in total. The molecular weight excluding hydrogens is 380 g/mol. The highest BCUT2D eigenvalue weighted by Crippen LogP contribution is 2.38. The Labute approximate surface area is 159 Å². The summed E-state index contributed by atoms with van der Waals surface area (Å²) in [5.74, 6) is -0.627. The Morgan fingerprint density at radius 1 is 1.32 bits per heavy atom. The lowest BCUT2D eigenvalue weighted by molar-refractivity contribution is 0.0526. The average molecular weight is 399 g/mol. The quantitative estimate of drug-likeness (QED) is 0.764. The third-order valence-electron chi connectivity index (χ3n) is 4.09. The fourth-order valence-electron chi connectivity index (χ4n) is 2.83. The maximum Gasteiger partial charge on any atom is 0.341 e. The Morgan fingerprint density at radius 2 is 2.12 bits per heavy atom. The van der Waals surface area contributed by atoms with E-state index in [1.165, 1.54) is 22.7 Å². The monoisotopic (exact) mass is 398 g/mol. The summed E-state index contributed by atoms with van der Waals surface area (Å²) in [7, 11) is 0. The summed E-state index contributed by atoms with van der Waals surface area (Å²) in [5, 5.41) is 3.45. The van der Waals surface area contributed by atoms with Gasteiger partial charge in [0.1, 0.15) is 5.00 Å². The number of rotatable bonds is 5. The fraction of sp³-hybridized carbons (Fsp3) is 0.412. The Morgan fingerprint density at radius 3 is 2.76 bits per heavy atom. The van der Waals surface area contributed by atoms with Gasteiger partial charge in [-0.05, 0) is 37.6 Å². The number of carbonyl (C=O) groups is 2. The third-order valence-corrected chi connectivity index (χ3v) is 6.45. The van der Waals surface area contributed by atoms with Crippen LogP contribution in [0.4, 0.5) is 5.00 Å². The first-order valence-electron chi connectivity index (χ1n) is 8.14. The summed E-state index contributed by atoms with van der Waals surface area (Å²) >= 11 is 8.58. The van der Waals surface area contributed by atoms with Crippen LogP contribution in [0, 0.1) is 0 Å². The molecule has 0 bridgehead atoms. The topological polar surface area (TPSA) is 58.6 Å². The highest BCUT2D eigenvalue weighted by atomic mass is 35.5. The van der Waals surface area contributed by atoms with Gasteiger partial charge in [0.25, 0.3) is 5.91 Å². The highest BCUT2D eigenvalue weighted by Gasteiger charge is 2.29. The van der Waals surface area contributed by atoms with E-state index in [1.807, 2.05) is 0 Å². The zero-order valence-corrected chi connectivity index (χ0v) is 16.4. The molecule has 3 rings (SSSR count). The molecule has 0 radical (unpaired) electrons. The van der Waals surface area contributed by atoms with Gasteiger partial charge in [0.05, 0.1) is 21.4 Å². The second-order valence-corrected chi connectivity index (χ2v) is 8.43. The Hall–Kier alpha value is -1.41. The maximum atomic E-state index is 12.5. The first kappa shape index (κ1) is 18.4. The molecule has 0 atom stereocenters. The van der Waals surface area contributed by atoms with E-state index in [0.29, 0.717) is 26.4 Å². The number of anilines is 1. The predicted octanol–water partition coefficient (Wildman–Crippen LogP) is 4.27. The number of esters is 1. The minimum atomic E-state index is -0.371. The van der Waals surface area contributed by atoms with Crippen LogP contribution in [0.25, 0.3) is 0 Å². The van der Waals surface area contributed by atoms with Crippen molar-refractivity contribution >= 4 is 51.2 Å². The van der Waals surface area contributed by atoms with Gasteiger partial charge in [-0.3, -0.25) is 9.69 Å². The number of nitrogens with one attached hydrogen (secondary N) is 1. The summed E-state index contributed by atoms with van der Waals surface area (Å²) in [6, 6.07) is 3.37. The van der Waals surface area contributed by atoms with Crippen molar-refractivity contribution in [1.82, 2.24) is 4.90 Å². The van der Waals surface area contributed by atoms with Crippen molar-refractivity contribution in [2.45, 2.75) is 26.8 Å². The first-order chi connectivity index (χ1) is 12.0. The van der Waals surface area contributed by atoms with Gasteiger partial charge >= 0.3 is 5.97 Å². The maximum absolute atomic E-state index is 12.5. The van der Waals surface area contributed by atoms with Crippen LogP contribution in [0.3, 0.4) is 0 Å². The molecule has 0 saturated carbocycles. The Bertz CT molecular complexity index is 800. The number of hydrogen-bond acceptors (Lipinski definition) is 6. The van der Waals surface area contributed by atoms with Gasteiger partial charge in [-0.2, -0.15) is 0 Å². The van der Waals surface area contributed by atoms with Crippen LogP contribution in [-0.2, 0) is 17.7 Å². The summed E-state index contributed by atoms with van der Waals surface area (Å²) in [5.41, 5.74) is 1.52. The number of amides is 1. The van der Waals surface area contributed by atoms with Gasteiger partial charge < -0.3 is 10.1 Å². The largest absolute Gasteiger partial charge is 0.462 e. The zero-order chi connectivity index (χ0) is 18.0.